The summed E-state index contributed by atoms with van der Waals surface area (Å²) in [4.78, 5) is 0. The third-order valence-electron chi connectivity index (χ3n) is 1.36. The van der Waals surface area contributed by atoms with Crippen LogP contribution in [0, 0.1) is 6.54 Å². The summed E-state index contributed by atoms with van der Waals surface area (Å²) in [5.74, 6) is 0. The van der Waals surface area contributed by atoms with Crippen LogP contribution in [0.2, 0.25) is 0 Å². The van der Waals surface area contributed by atoms with E-state index in [9.17, 15) is 0 Å². The van der Waals surface area contributed by atoms with Crippen LogP contribution in [0.25, 0.3) is 0 Å². The Balaban J connectivity index is 2.70. The highest BCUT2D eigenvalue weighted by atomic mass is 14.8. The second-order valence-corrected chi connectivity index (χ2v) is 2.40. The predicted molar refractivity (Wildman–Crippen MR) is 46.6 cm³/mol. The van der Waals surface area contributed by atoms with Crippen LogP contribution >= 0.6 is 0 Å². The molecule has 59 valence electrons. The molecule has 0 aromatic heterocycles. The zero-order valence-corrected chi connectivity index (χ0v) is 6.90. The van der Waals surface area contributed by atoms with Crippen LogP contribution in [0.15, 0.2) is 12.7 Å². The Morgan fingerprint density at radius 2 is 2.20 bits per heavy atom. The molecule has 0 aromatic carbocycles. The lowest BCUT2D eigenvalue weighted by Gasteiger charge is -1.98. The highest BCUT2D eigenvalue weighted by Gasteiger charge is 1.85. The van der Waals surface area contributed by atoms with Crippen LogP contribution in [0.3, 0.4) is 0 Å². The van der Waals surface area contributed by atoms with Gasteiger partial charge in [0, 0.05) is 13.1 Å². The van der Waals surface area contributed by atoms with Crippen molar-refractivity contribution in [1.82, 2.24) is 5.32 Å². The molecule has 0 heterocycles. The molecule has 0 aliphatic heterocycles. The van der Waals surface area contributed by atoms with Gasteiger partial charge in [0.15, 0.2) is 0 Å². The topological polar surface area (TPSA) is 12.0 Å². The van der Waals surface area contributed by atoms with Gasteiger partial charge in [-0.3, -0.25) is 0 Å². The summed E-state index contributed by atoms with van der Waals surface area (Å²) in [6, 6.07) is 0. The summed E-state index contributed by atoms with van der Waals surface area (Å²) in [6.45, 7) is 8.85. The van der Waals surface area contributed by atoms with Gasteiger partial charge in [-0.1, -0.05) is 32.3 Å². The van der Waals surface area contributed by atoms with Crippen molar-refractivity contribution in [2.24, 2.45) is 0 Å². The van der Waals surface area contributed by atoms with Gasteiger partial charge >= 0.3 is 0 Å². The molecule has 1 nitrogen and oxygen atoms in total. The zero-order chi connectivity index (χ0) is 7.66. The Hall–Kier alpha value is -0.300. The summed E-state index contributed by atoms with van der Waals surface area (Å²) >= 11 is 0. The van der Waals surface area contributed by atoms with E-state index in [-0.39, 0.29) is 0 Å². The molecule has 0 atom stereocenters. The van der Waals surface area contributed by atoms with E-state index in [1.807, 2.05) is 6.08 Å². The van der Waals surface area contributed by atoms with Crippen molar-refractivity contribution in [3.05, 3.63) is 19.2 Å². The number of rotatable bonds is 7. The number of nitrogens with one attached hydrogen (secondary N) is 1. The van der Waals surface area contributed by atoms with Crippen LogP contribution in [0.4, 0.5) is 0 Å². The van der Waals surface area contributed by atoms with Crippen LogP contribution < -0.4 is 5.32 Å². The molecule has 0 spiro atoms. The molecule has 1 radical (unpaired) electrons. The van der Waals surface area contributed by atoms with Crippen LogP contribution in [0.1, 0.15) is 32.6 Å². The quantitative estimate of drug-likeness (QED) is 0.423. The molecule has 1 heteroatoms. The highest BCUT2D eigenvalue weighted by Crippen LogP contribution is 1.98. The summed E-state index contributed by atoms with van der Waals surface area (Å²) in [5, 5.41) is 3.15. The third kappa shape index (κ3) is 7.70. The fourth-order valence-corrected chi connectivity index (χ4v) is 0.765. The minimum Gasteiger partial charge on any atom is -0.309 e. The van der Waals surface area contributed by atoms with Gasteiger partial charge in [-0.25, -0.2) is 0 Å². The molecule has 0 fully saturated rings. The fourth-order valence-electron chi connectivity index (χ4n) is 0.765. The Bertz CT molecular complexity index is 69.1. The van der Waals surface area contributed by atoms with E-state index in [4.69, 9.17) is 0 Å². The molecule has 0 unspecified atom stereocenters. The first-order chi connectivity index (χ1) is 4.91. The third-order valence-corrected chi connectivity index (χ3v) is 1.36. The standard InChI is InChI=1S/C9H18N/c1-3-5-6-7-9-10-8-4-2/h4,9-10H,2-3,5-8H2,1H3. The largest absolute Gasteiger partial charge is 0.309 e. The molecule has 0 saturated heterocycles. The highest BCUT2D eigenvalue weighted by molar-refractivity contribution is 4.73. The van der Waals surface area contributed by atoms with Gasteiger partial charge in [0.25, 0.3) is 0 Å². The molecule has 0 aromatic rings. The lowest BCUT2D eigenvalue weighted by atomic mass is 10.2. The number of unbranched alkanes of at least 4 members (excludes halogenated alkanes) is 3. The van der Waals surface area contributed by atoms with E-state index in [1.165, 1.54) is 25.7 Å². The first kappa shape index (κ1) is 9.70. The van der Waals surface area contributed by atoms with E-state index < -0.39 is 0 Å². The number of hydrogen-bond donors (Lipinski definition) is 1. The maximum atomic E-state index is 3.61. The van der Waals surface area contributed by atoms with Crippen LogP contribution in [-0.2, 0) is 0 Å². The van der Waals surface area contributed by atoms with Crippen molar-refractivity contribution in [2.75, 3.05) is 6.54 Å². The molecule has 0 rings (SSSR count). The summed E-state index contributed by atoms with van der Waals surface area (Å²) < 4.78 is 0. The van der Waals surface area contributed by atoms with Crippen molar-refractivity contribution in [3.63, 3.8) is 0 Å². The SMILES string of the molecule is C=CCN[CH]CCCCC. The normalized spacial score (nSPS) is 9.70. The monoisotopic (exact) mass is 140 g/mol. The van der Waals surface area contributed by atoms with Crippen molar-refractivity contribution in [1.29, 1.82) is 0 Å². The average molecular weight is 140 g/mol. The van der Waals surface area contributed by atoms with Crippen molar-refractivity contribution in [3.8, 4) is 0 Å². The predicted octanol–water partition coefficient (Wildman–Crippen LogP) is 2.50. The van der Waals surface area contributed by atoms with E-state index in [0.717, 1.165) is 6.54 Å². The Morgan fingerprint density at radius 3 is 2.80 bits per heavy atom. The first-order valence-electron chi connectivity index (χ1n) is 4.07. The molecular formula is C9H18N. The van der Waals surface area contributed by atoms with Gasteiger partial charge in [-0.15, -0.1) is 6.58 Å². The van der Waals surface area contributed by atoms with Gasteiger partial charge in [-0.05, 0) is 6.42 Å². The van der Waals surface area contributed by atoms with E-state index in [1.54, 1.807) is 0 Å². The van der Waals surface area contributed by atoms with Gasteiger partial charge in [0.05, 0.1) is 0 Å². The molecular weight excluding hydrogens is 122 g/mol. The lowest BCUT2D eigenvalue weighted by Crippen LogP contribution is -2.08. The van der Waals surface area contributed by atoms with Crippen LogP contribution in [0.5, 0.6) is 0 Å². The van der Waals surface area contributed by atoms with Gasteiger partial charge in [0.1, 0.15) is 0 Å². The molecule has 0 saturated carbocycles. The van der Waals surface area contributed by atoms with Gasteiger partial charge < -0.3 is 5.32 Å². The lowest BCUT2D eigenvalue weighted by molar-refractivity contribution is 0.676. The molecule has 0 amide bonds. The van der Waals surface area contributed by atoms with Crippen molar-refractivity contribution < 1.29 is 0 Å². The molecule has 0 bridgehead atoms. The average Bonchev–Trinajstić information content (AvgIpc) is 1.97. The molecule has 10 heavy (non-hydrogen) atoms. The zero-order valence-electron chi connectivity index (χ0n) is 6.90. The second kappa shape index (κ2) is 8.70. The van der Waals surface area contributed by atoms with Crippen molar-refractivity contribution >= 4 is 0 Å². The van der Waals surface area contributed by atoms with Crippen LogP contribution in [-0.4, -0.2) is 6.54 Å². The summed E-state index contributed by atoms with van der Waals surface area (Å²) in [7, 11) is 0. The first-order valence-corrected chi connectivity index (χ1v) is 4.07. The van der Waals surface area contributed by atoms with E-state index >= 15 is 0 Å². The maximum Gasteiger partial charge on any atom is 0.0224 e. The fraction of sp³-hybridized carbons (Fsp3) is 0.667. The van der Waals surface area contributed by atoms with E-state index in [0.29, 0.717) is 0 Å². The minimum absolute atomic E-state index is 0.895. The molecule has 1 N–H and O–H groups in total. The van der Waals surface area contributed by atoms with Crippen molar-refractivity contribution in [2.45, 2.75) is 32.6 Å². The second-order valence-electron chi connectivity index (χ2n) is 2.40. The van der Waals surface area contributed by atoms with E-state index in [2.05, 4.69) is 25.4 Å². The smallest absolute Gasteiger partial charge is 0.0224 e. The maximum absolute atomic E-state index is 3.61. The summed E-state index contributed by atoms with van der Waals surface area (Å²) in [6.07, 6.45) is 7.00. The van der Waals surface area contributed by atoms with Gasteiger partial charge in [-0.2, -0.15) is 0 Å². The Morgan fingerprint density at radius 1 is 1.40 bits per heavy atom. The Kier molecular flexibility index (Phi) is 8.44. The van der Waals surface area contributed by atoms with Gasteiger partial charge in [0.2, 0.25) is 0 Å². The minimum atomic E-state index is 0.895. The molecule has 0 aliphatic carbocycles. The Labute approximate surface area is 64.5 Å². The summed E-state index contributed by atoms with van der Waals surface area (Å²) in [5.41, 5.74) is 0. The molecule has 0 aliphatic rings. The number of hydrogen-bond acceptors (Lipinski definition) is 1.